The van der Waals surface area contributed by atoms with Gasteiger partial charge >= 0.3 is 0 Å². The Balaban J connectivity index is 1.70. The lowest BCUT2D eigenvalue weighted by Gasteiger charge is -2.36. The fraction of sp³-hybridized carbons (Fsp3) is 0.679. The molecule has 3 heterocycles. The van der Waals surface area contributed by atoms with Crippen molar-refractivity contribution >= 4 is 35.0 Å². The molecule has 1 aromatic carbocycles. The van der Waals surface area contributed by atoms with E-state index in [1.165, 1.54) is 0 Å². The maximum atomic E-state index is 14.1. The van der Waals surface area contributed by atoms with Crippen LogP contribution in [0.2, 0.25) is 5.02 Å². The first kappa shape index (κ1) is 27.9. The number of halogens is 1. The fourth-order valence-corrected chi connectivity index (χ4v) is 7.04. The average Bonchev–Trinajstić information content (AvgIpc) is 3.36. The van der Waals surface area contributed by atoms with Crippen LogP contribution in [0.3, 0.4) is 0 Å². The van der Waals surface area contributed by atoms with Gasteiger partial charge in [0.2, 0.25) is 17.7 Å². The maximum absolute atomic E-state index is 14.1. The van der Waals surface area contributed by atoms with Gasteiger partial charge in [0, 0.05) is 19.7 Å². The van der Waals surface area contributed by atoms with Gasteiger partial charge in [0.25, 0.3) is 0 Å². The van der Waals surface area contributed by atoms with Crippen molar-refractivity contribution in [1.29, 1.82) is 0 Å². The summed E-state index contributed by atoms with van der Waals surface area (Å²) in [5.74, 6) is -2.09. The van der Waals surface area contributed by atoms with Gasteiger partial charge in [0.15, 0.2) is 0 Å². The van der Waals surface area contributed by atoms with Crippen molar-refractivity contribution in [3.8, 4) is 0 Å². The van der Waals surface area contributed by atoms with Crippen LogP contribution in [0.25, 0.3) is 0 Å². The van der Waals surface area contributed by atoms with Gasteiger partial charge in [-0.1, -0.05) is 50.4 Å². The number of nitrogens with zero attached hydrogens (tertiary/aromatic N) is 1. The molecule has 3 N–H and O–H groups in total. The normalized spacial score (nSPS) is 32.1. The third kappa shape index (κ3) is 4.66. The predicted octanol–water partition coefficient (Wildman–Crippen LogP) is 3.68. The highest BCUT2D eigenvalue weighted by molar-refractivity contribution is 6.34. The van der Waals surface area contributed by atoms with Crippen LogP contribution in [0.5, 0.6) is 0 Å². The number of para-hydroxylation sites is 1. The van der Waals surface area contributed by atoms with Crippen molar-refractivity contribution in [3.05, 3.63) is 28.8 Å². The predicted molar refractivity (Wildman–Crippen MR) is 142 cm³/mol. The number of unbranched alkanes of at least 4 members (excludes halogenated alkanes) is 3. The molecule has 0 aromatic heterocycles. The van der Waals surface area contributed by atoms with Crippen molar-refractivity contribution < 1.29 is 24.2 Å². The SMILES string of the molecule is CCCNC(=O)[C@H]1[C@H]2C(=O)N(CCCCCCO)C(C(=O)Nc3c(C)cccc3Cl)C23CC(C)[C@]1(C)O3. The number of hydrogen-bond donors (Lipinski definition) is 3. The Labute approximate surface area is 224 Å². The Morgan fingerprint density at radius 3 is 2.62 bits per heavy atom. The lowest BCUT2D eigenvalue weighted by molar-refractivity contribution is -0.146. The van der Waals surface area contributed by atoms with E-state index >= 15 is 0 Å². The highest BCUT2D eigenvalue weighted by Gasteiger charge is 2.79. The molecule has 6 atom stereocenters. The molecule has 3 fully saturated rings. The maximum Gasteiger partial charge on any atom is 0.250 e. The van der Waals surface area contributed by atoms with E-state index in [2.05, 4.69) is 10.6 Å². The van der Waals surface area contributed by atoms with Gasteiger partial charge in [0.1, 0.15) is 11.6 Å². The van der Waals surface area contributed by atoms with E-state index in [1.54, 1.807) is 11.0 Å². The summed E-state index contributed by atoms with van der Waals surface area (Å²) in [5, 5.41) is 15.5. The molecular formula is C28H40ClN3O5. The first-order valence-corrected chi connectivity index (χ1v) is 13.9. The number of rotatable bonds is 11. The molecule has 3 aliphatic rings. The van der Waals surface area contributed by atoms with Crippen LogP contribution in [0.1, 0.15) is 64.9 Å². The summed E-state index contributed by atoms with van der Waals surface area (Å²) in [4.78, 5) is 43.1. The Morgan fingerprint density at radius 1 is 1.22 bits per heavy atom. The second-order valence-corrected chi connectivity index (χ2v) is 11.5. The minimum absolute atomic E-state index is 0.00391. The number of anilines is 1. The molecule has 1 aromatic rings. The van der Waals surface area contributed by atoms with Crippen LogP contribution in [0.4, 0.5) is 5.69 Å². The van der Waals surface area contributed by atoms with Gasteiger partial charge in [-0.3, -0.25) is 14.4 Å². The molecule has 0 aliphatic carbocycles. The summed E-state index contributed by atoms with van der Waals surface area (Å²) in [6, 6.07) is 4.55. The quantitative estimate of drug-likeness (QED) is 0.376. The van der Waals surface area contributed by atoms with Crippen LogP contribution in [0.15, 0.2) is 18.2 Å². The van der Waals surface area contributed by atoms with Gasteiger partial charge in [-0.05, 0) is 57.1 Å². The lowest BCUT2D eigenvalue weighted by Crippen LogP contribution is -2.54. The van der Waals surface area contributed by atoms with Crippen LogP contribution >= 0.6 is 11.6 Å². The third-order valence-electron chi connectivity index (χ3n) is 8.67. The Morgan fingerprint density at radius 2 is 1.95 bits per heavy atom. The molecule has 2 bridgehead atoms. The van der Waals surface area contributed by atoms with Crippen molar-refractivity contribution in [2.45, 2.75) is 83.5 Å². The summed E-state index contributed by atoms with van der Waals surface area (Å²) in [7, 11) is 0. The molecular weight excluding hydrogens is 494 g/mol. The number of aliphatic hydroxyl groups is 1. The summed E-state index contributed by atoms with van der Waals surface area (Å²) in [6.45, 7) is 8.86. The summed E-state index contributed by atoms with van der Waals surface area (Å²) in [6.07, 6.45) is 4.39. The summed E-state index contributed by atoms with van der Waals surface area (Å²) in [5.41, 5.74) is -0.564. The molecule has 3 amide bonds. The van der Waals surface area contributed by atoms with Gasteiger partial charge in [0.05, 0.1) is 28.1 Å². The highest BCUT2D eigenvalue weighted by atomic mass is 35.5. The van der Waals surface area contributed by atoms with Crippen molar-refractivity contribution in [1.82, 2.24) is 10.2 Å². The molecule has 3 aliphatic heterocycles. The molecule has 9 heteroatoms. The molecule has 37 heavy (non-hydrogen) atoms. The first-order chi connectivity index (χ1) is 17.6. The first-order valence-electron chi connectivity index (χ1n) is 13.6. The van der Waals surface area contributed by atoms with E-state index in [4.69, 9.17) is 21.4 Å². The zero-order chi connectivity index (χ0) is 27.0. The topological polar surface area (TPSA) is 108 Å². The molecule has 204 valence electrons. The number of aryl methyl sites for hydroxylation is 1. The second-order valence-electron chi connectivity index (χ2n) is 11.1. The summed E-state index contributed by atoms with van der Waals surface area (Å²) < 4.78 is 6.72. The zero-order valence-corrected chi connectivity index (χ0v) is 23.1. The minimum atomic E-state index is -1.08. The summed E-state index contributed by atoms with van der Waals surface area (Å²) >= 11 is 6.42. The lowest BCUT2D eigenvalue weighted by atomic mass is 9.62. The number of carbonyl (C=O) groups is 3. The smallest absolute Gasteiger partial charge is 0.250 e. The van der Waals surface area contributed by atoms with E-state index in [0.717, 1.165) is 24.8 Å². The molecule has 8 nitrogen and oxygen atoms in total. The minimum Gasteiger partial charge on any atom is -0.396 e. The van der Waals surface area contributed by atoms with Crippen molar-refractivity contribution in [2.75, 3.05) is 25.0 Å². The van der Waals surface area contributed by atoms with Gasteiger partial charge < -0.3 is 25.4 Å². The Bertz CT molecular complexity index is 1030. The second kappa shape index (κ2) is 10.9. The number of hydrogen-bond acceptors (Lipinski definition) is 5. The van der Waals surface area contributed by atoms with Gasteiger partial charge in [-0.25, -0.2) is 0 Å². The number of nitrogens with one attached hydrogen (secondary N) is 2. The zero-order valence-electron chi connectivity index (χ0n) is 22.3. The molecule has 3 saturated heterocycles. The van der Waals surface area contributed by atoms with Gasteiger partial charge in [-0.2, -0.15) is 0 Å². The van der Waals surface area contributed by atoms with Gasteiger partial charge in [-0.15, -0.1) is 0 Å². The number of benzene rings is 1. The number of carbonyl (C=O) groups excluding carboxylic acids is 3. The Kier molecular flexibility index (Phi) is 8.22. The molecule has 3 unspecified atom stereocenters. The number of ether oxygens (including phenoxy) is 1. The Hall–Kier alpha value is -2.16. The van der Waals surface area contributed by atoms with E-state index in [-0.39, 0.29) is 30.2 Å². The van der Waals surface area contributed by atoms with E-state index in [9.17, 15) is 14.4 Å². The van der Waals surface area contributed by atoms with E-state index in [0.29, 0.717) is 43.1 Å². The third-order valence-corrected chi connectivity index (χ3v) is 8.99. The number of likely N-dealkylation sites (tertiary alicyclic amines) is 1. The van der Waals surface area contributed by atoms with Crippen LogP contribution in [0, 0.1) is 24.7 Å². The monoisotopic (exact) mass is 533 g/mol. The molecule has 4 rings (SSSR count). The fourth-order valence-electron chi connectivity index (χ4n) is 6.77. The largest absolute Gasteiger partial charge is 0.396 e. The number of aliphatic hydroxyl groups excluding tert-OH is 1. The number of amides is 3. The van der Waals surface area contributed by atoms with E-state index < -0.39 is 29.1 Å². The molecule has 0 saturated carbocycles. The van der Waals surface area contributed by atoms with Crippen molar-refractivity contribution in [3.63, 3.8) is 0 Å². The van der Waals surface area contributed by atoms with Crippen LogP contribution < -0.4 is 10.6 Å². The van der Waals surface area contributed by atoms with E-state index in [1.807, 2.05) is 39.8 Å². The number of fused-ring (bicyclic) bond motifs is 1. The van der Waals surface area contributed by atoms with Crippen LogP contribution in [-0.2, 0) is 19.1 Å². The molecule has 1 spiro atoms. The van der Waals surface area contributed by atoms with Crippen molar-refractivity contribution in [2.24, 2.45) is 17.8 Å². The van der Waals surface area contributed by atoms with Crippen LogP contribution in [-0.4, -0.2) is 64.7 Å². The highest BCUT2D eigenvalue weighted by Crippen LogP contribution is 2.65. The average molecular weight is 534 g/mol. The standard InChI is InChI=1S/C28H40ClN3O5/c1-5-13-30-24(34)20-21-26(36)32(14-8-6-7-9-15-33)23(28(21)16-18(3)27(20,4)37-28)25(35)31-22-17(2)11-10-12-19(22)29/h10-12,18,20-21,23,33H,5-9,13-16H2,1-4H3,(H,30,34)(H,31,35)/t18?,20-,21+,23?,27+,28?/m1/s1. The molecule has 0 radical (unpaired) electrons.